The lowest BCUT2D eigenvalue weighted by Crippen LogP contribution is -2.44. The number of nitrogens with two attached hydrogens (primary N) is 2. The van der Waals surface area contributed by atoms with Gasteiger partial charge in [0.15, 0.2) is 0 Å². The number of anilines is 1. The summed E-state index contributed by atoms with van der Waals surface area (Å²) in [5.74, 6) is 6.05. The minimum atomic E-state index is -0.685. The number of aromatic nitrogens is 2. The molecule has 2 aromatic carbocycles. The molecule has 2 fully saturated rings. The number of nitrogen functional groups attached to an aromatic ring is 1. The van der Waals surface area contributed by atoms with Crippen LogP contribution in [0.3, 0.4) is 0 Å². The molecule has 0 unspecified atom stereocenters. The summed E-state index contributed by atoms with van der Waals surface area (Å²) in [5, 5.41) is 0.126. The van der Waals surface area contributed by atoms with E-state index in [4.69, 9.17) is 16.3 Å². The Morgan fingerprint density at radius 3 is 2.54 bits per heavy atom. The van der Waals surface area contributed by atoms with Crippen LogP contribution in [-0.4, -0.2) is 35.0 Å². The number of nitrogens with zero attached hydrogens (tertiary/aromatic N) is 3. The quantitative estimate of drug-likeness (QED) is 0.524. The Kier molecular flexibility index (Phi) is 5.62. The third-order valence-corrected chi connectivity index (χ3v) is 7.52. The van der Waals surface area contributed by atoms with Gasteiger partial charge in [-0.15, -0.1) is 0 Å². The van der Waals surface area contributed by atoms with Crippen LogP contribution in [0, 0.1) is 24.1 Å². The molecule has 1 aliphatic heterocycles. The van der Waals surface area contributed by atoms with Crippen molar-refractivity contribution in [3.63, 3.8) is 0 Å². The van der Waals surface area contributed by atoms with Crippen molar-refractivity contribution in [1.82, 2.24) is 9.24 Å². The smallest absolute Gasteiger partial charge is 0.350 e. The molecule has 9 heteroatoms. The molecule has 1 saturated heterocycles. The van der Waals surface area contributed by atoms with Crippen molar-refractivity contribution in [2.24, 2.45) is 17.1 Å². The first kappa shape index (κ1) is 23.4. The van der Waals surface area contributed by atoms with Gasteiger partial charge in [0.2, 0.25) is 0 Å². The number of aryl methyl sites for hydroxylation is 1. The zero-order valence-corrected chi connectivity index (χ0v) is 20.3. The van der Waals surface area contributed by atoms with E-state index < -0.39 is 17.1 Å². The average Bonchev–Trinajstić information content (AvgIpc) is 3.60. The first-order chi connectivity index (χ1) is 16.6. The second-order valence-electron chi connectivity index (χ2n) is 10.6. The van der Waals surface area contributed by atoms with E-state index in [1.165, 1.54) is 6.07 Å². The van der Waals surface area contributed by atoms with Crippen LogP contribution in [0.1, 0.15) is 38.3 Å². The Bertz CT molecular complexity index is 1390. The first-order valence-electron chi connectivity index (χ1n) is 12.0. The minimum Gasteiger partial charge on any atom is -0.492 e. The maximum Gasteiger partial charge on any atom is 0.350 e. The molecule has 1 saturated carbocycles. The lowest BCUT2D eigenvalue weighted by molar-refractivity contribution is 0.185. The predicted molar refractivity (Wildman–Crippen MR) is 135 cm³/mol. The Labute approximate surface area is 202 Å². The van der Waals surface area contributed by atoms with Crippen LogP contribution < -0.4 is 32.5 Å². The van der Waals surface area contributed by atoms with E-state index in [1.807, 2.05) is 35.2 Å². The molecule has 2 heterocycles. The molecule has 2 aliphatic rings. The molecular formula is C26H32FN5O3. The summed E-state index contributed by atoms with van der Waals surface area (Å²) >= 11 is 0. The minimum absolute atomic E-state index is 0.0243. The van der Waals surface area contributed by atoms with Crippen molar-refractivity contribution >= 4 is 16.6 Å². The van der Waals surface area contributed by atoms with Crippen LogP contribution in [0.15, 0.2) is 46.0 Å². The van der Waals surface area contributed by atoms with Gasteiger partial charge in [-0.2, -0.15) is 4.68 Å². The Morgan fingerprint density at radius 2 is 1.89 bits per heavy atom. The SMILES string of the molecule is Cc1c(N2C[C@H]([C@@H](N)COc3ccccc3)C(C)(C)C2)c(F)cc2c(=O)n(N)c(=O)n(C3CC3)c12. The second-order valence-corrected chi connectivity index (χ2v) is 10.6. The molecular weight excluding hydrogens is 449 g/mol. The van der Waals surface area contributed by atoms with Crippen LogP contribution in [0.4, 0.5) is 10.1 Å². The summed E-state index contributed by atoms with van der Waals surface area (Å²) in [6, 6.07) is 10.5. The van der Waals surface area contributed by atoms with Gasteiger partial charge in [0, 0.05) is 36.7 Å². The maximum atomic E-state index is 15.6. The van der Waals surface area contributed by atoms with Gasteiger partial charge in [-0.3, -0.25) is 9.36 Å². The van der Waals surface area contributed by atoms with E-state index in [2.05, 4.69) is 13.8 Å². The molecule has 5 rings (SSSR count). The molecule has 186 valence electrons. The van der Waals surface area contributed by atoms with Gasteiger partial charge in [0.05, 0.1) is 16.6 Å². The number of rotatable bonds is 6. The van der Waals surface area contributed by atoms with Crippen molar-refractivity contribution in [1.29, 1.82) is 0 Å². The number of fused-ring (bicyclic) bond motifs is 1. The van der Waals surface area contributed by atoms with E-state index in [1.54, 1.807) is 11.5 Å². The van der Waals surface area contributed by atoms with Crippen LogP contribution >= 0.6 is 0 Å². The largest absolute Gasteiger partial charge is 0.492 e. The monoisotopic (exact) mass is 481 g/mol. The summed E-state index contributed by atoms with van der Waals surface area (Å²) in [4.78, 5) is 27.6. The molecule has 35 heavy (non-hydrogen) atoms. The third-order valence-electron chi connectivity index (χ3n) is 7.52. The summed E-state index contributed by atoms with van der Waals surface area (Å²) in [6.45, 7) is 7.50. The van der Waals surface area contributed by atoms with E-state index in [0.717, 1.165) is 18.6 Å². The zero-order chi connectivity index (χ0) is 25.1. The highest BCUT2D eigenvalue weighted by Gasteiger charge is 2.44. The van der Waals surface area contributed by atoms with E-state index in [-0.39, 0.29) is 28.8 Å². The highest BCUT2D eigenvalue weighted by molar-refractivity contribution is 5.87. The van der Waals surface area contributed by atoms with Gasteiger partial charge < -0.3 is 21.2 Å². The number of hydrogen-bond acceptors (Lipinski definition) is 6. The van der Waals surface area contributed by atoms with E-state index in [9.17, 15) is 9.59 Å². The molecule has 1 aromatic heterocycles. The standard InChI is InChI=1S/C26H32FN5O3/c1-15-22-18(24(33)32(29)25(34)31(22)16-9-10-16)11-20(27)23(15)30-12-19(26(2,3)14-30)21(28)13-35-17-7-5-4-6-8-17/h4-8,11,16,19,21H,9-10,12-14,28-29H2,1-3H3/t19-,21+/m1/s1. The van der Waals surface area contributed by atoms with Crippen LogP contribution in [0.5, 0.6) is 5.75 Å². The Balaban J connectivity index is 1.51. The fraction of sp³-hybridized carbons (Fsp3) is 0.462. The third kappa shape index (κ3) is 3.97. The number of ether oxygens (including phenoxy) is 1. The van der Waals surface area contributed by atoms with E-state index >= 15 is 4.39 Å². The van der Waals surface area contributed by atoms with Crippen molar-refractivity contribution in [3.05, 3.63) is 68.6 Å². The average molecular weight is 482 g/mol. The van der Waals surface area contributed by atoms with Gasteiger partial charge in [-0.25, -0.2) is 9.18 Å². The molecule has 0 bridgehead atoms. The van der Waals surface area contributed by atoms with E-state index in [0.29, 0.717) is 41.1 Å². The van der Waals surface area contributed by atoms with Crippen molar-refractivity contribution in [2.75, 3.05) is 30.4 Å². The molecule has 8 nitrogen and oxygen atoms in total. The lowest BCUT2D eigenvalue weighted by Gasteiger charge is -2.30. The number of benzene rings is 2. The number of halogens is 1. The normalized spacial score (nSPS) is 20.4. The van der Waals surface area contributed by atoms with Gasteiger partial charge in [0.1, 0.15) is 18.2 Å². The summed E-state index contributed by atoms with van der Waals surface area (Å²) in [7, 11) is 0. The fourth-order valence-corrected chi connectivity index (χ4v) is 5.59. The molecule has 2 atom stereocenters. The molecule has 4 N–H and O–H groups in total. The lowest BCUT2D eigenvalue weighted by atomic mass is 9.78. The highest BCUT2D eigenvalue weighted by Crippen LogP contribution is 2.43. The van der Waals surface area contributed by atoms with Crippen molar-refractivity contribution < 1.29 is 9.13 Å². The number of para-hydroxylation sites is 1. The Hall–Kier alpha value is -3.33. The molecule has 3 aromatic rings. The van der Waals surface area contributed by atoms with Crippen LogP contribution in [0.25, 0.3) is 10.9 Å². The highest BCUT2D eigenvalue weighted by atomic mass is 19.1. The molecule has 0 radical (unpaired) electrons. The van der Waals surface area contributed by atoms with Crippen molar-refractivity contribution in [2.45, 2.75) is 45.7 Å². The van der Waals surface area contributed by atoms with Gasteiger partial charge >= 0.3 is 5.69 Å². The molecule has 0 amide bonds. The van der Waals surface area contributed by atoms with Crippen molar-refractivity contribution in [3.8, 4) is 5.75 Å². The van der Waals surface area contributed by atoms with Crippen LogP contribution in [0.2, 0.25) is 0 Å². The second kappa shape index (κ2) is 8.41. The molecule has 1 aliphatic carbocycles. The maximum absolute atomic E-state index is 15.6. The predicted octanol–water partition coefficient (Wildman–Crippen LogP) is 2.53. The summed E-state index contributed by atoms with van der Waals surface area (Å²) in [6.07, 6.45) is 1.66. The first-order valence-corrected chi connectivity index (χ1v) is 12.0. The topological polar surface area (TPSA) is 109 Å². The molecule has 0 spiro atoms. The van der Waals surface area contributed by atoms with Gasteiger partial charge in [-0.05, 0) is 43.4 Å². The Morgan fingerprint density at radius 1 is 1.20 bits per heavy atom. The van der Waals surface area contributed by atoms with Gasteiger partial charge in [0.25, 0.3) is 5.56 Å². The van der Waals surface area contributed by atoms with Gasteiger partial charge in [-0.1, -0.05) is 32.0 Å². The fourth-order valence-electron chi connectivity index (χ4n) is 5.59. The summed E-state index contributed by atoms with van der Waals surface area (Å²) < 4.78 is 23.6. The number of hydrogen-bond donors (Lipinski definition) is 2. The van der Waals surface area contributed by atoms with Crippen LogP contribution in [-0.2, 0) is 0 Å². The zero-order valence-electron chi connectivity index (χ0n) is 20.3. The summed E-state index contributed by atoms with van der Waals surface area (Å²) in [5.41, 5.74) is 6.59.